The summed E-state index contributed by atoms with van der Waals surface area (Å²) >= 11 is 0. The van der Waals surface area contributed by atoms with Crippen LogP contribution >= 0.6 is 0 Å². The minimum Gasteiger partial charge on any atom is -0.356 e. The fourth-order valence-corrected chi connectivity index (χ4v) is 6.26. The average Bonchev–Trinajstić information content (AvgIpc) is 3.74. The largest absolute Gasteiger partial charge is 0.356 e. The smallest absolute Gasteiger partial charge is 0.255 e. The van der Waals surface area contributed by atoms with Crippen LogP contribution in [0.5, 0.6) is 0 Å². The van der Waals surface area contributed by atoms with Crippen molar-refractivity contribution in [3.63, 3.8) is 0 Å². The number of ether oxygens (including phenoxy) is 1. The summed E-state index contributed by atoms with van der Waals surface area (Å²) in [6.07, 6.45) is 10.1. The minimum atomic E-state index is -0.527. The Bertz CT molecular complexity index is 2030. The number of rotatable bonds is 5. The van der Waals surface area contributed by atoms with Crippen molar-refractivity contribution >= 4 is 16.8 Å². The van der Waals surface area contributed by atoms with E-state index in [4.69, 9.17) is 9.84 Å². The summed E-state index contributed by atoms with van der Waals surface area (Å²) in [7, 11) is 0. The van der Waals surface area contributed by atoms with Crippen LogP contribution in [-0.4, -0.2) is 58.7 Å². The molecule has 2 aliphatic heterocycles. The Morgan fingerprint density at radius 1 is 1.00 bits per heavy atom. The predicted octanol–water partition coefficient (Wildman–Crippen LogP) is 5.78. The zero-order valence-electron chi connectivity index (χ0n) is 24.4. The number of carbonyl (C=O) groups excluding carboxylic acids is 1. The molecule has 1 atom stereocenters. The van der Waals surface area contributed by atoms with Gasteiger partial charge in [0.25, 0.3) is 5.91 Å². The predicted molar refractivity (Wildman–Crippen MR) is 165 cm³/mol. The average molecular weight is 601 g/mol. The van der Waals surface area contributed by atoms with E-state index in [9.17, 15) is 9.18 Å². The Kier molecular flexibility index (Phi) is 6.87. The van der Waals surface area contributed by atoms with Gasteiger partial charge in [0.1, 0.15) is 11.4 Å². The first-order valence-corrected chi connectivity index (χ1v) is 15.1. The molecule has 0 saturated carbocycles. The molecule has 224 valence electrons. The Morgan fingerprint density at radius 2 is 1.93 bits per heavy atom. The van der Waals surface area contributed by atoms with E-state index in [-0.39, 0.29) is 12.1 Å². The third kappa shape index (κ3) is 5.04. The first kappa shape index (κ1) is 27.3. The van der Waals surface area contributed by atoms with Crippen LogP contribution in [0.15, 0.2) is 85.5 Å². The molecule has 8 rings (SSSR count). The molecule has 1 amide bonds. The molecule has 4 aromatic heterocycles. The van der Waals surface area contributed by atoms with Crippen LogP contribution in [0.4, 0.5) is 4.39 Å². The van der Waals surface area contributed by atoms with Gasteiger partial charge in [0, 0.05) is 49.2 Å². The van der Waals surface area contributed by atoms with Gasteiger partial charge in [-0.25, -0.2) is 14.3 Å². The molecule has 0 aliphatic carbocycles. The van der Waals surface area contributed by atoms with Crippen LogP contribution in [0.3, 0.4) is 0 Å². The second-order valence-corrected chi connectivity index (χ2v) is 11.4. The first-order chi connectivity index (χ1) is 22.1. The van der Waals surface area contributed by atoms with Crippen LogP contribution in [0.2, 0.25) is 0 Å². The molecule has 10 nitrogen and oxygen atoms in total. The number of nitrogens with zero attached hydrogens (tertiary/aromatic N) is 8. The molecule has 2 aliphatic rings. The molecule has 6 heterocycles. The number of hydrogen-bond donors (Lipinski definition) is 0. The number of benzene rings is 2. The summed E-state index contributed by atoms with van der Waals surface area (Å²) in [5, 5.41) is 14.8. The molecule has 0 bridgehead atoms. The summed E-state index contributed by atoms with van der Waals surface area (Å²) < 4.78 is 24.4. The van der Waals surface area contributed by atoms with E-state index in [0.717, 1.165) is 47.8 Å². The number of carbonyl (C=O) groups is 1. The molecule has 0 spiro atoms. The Balaban J connectivity index is 1.15. The first-order valence-electron chi connectivity index (χ1n) is 15.1. The van der Waals surface area contributed by atoms with Gasteiger partial charge in [-0.1, -0.05) is 17.3 Å². The summed E-state index contributed by atoms with van der Waals surface area (Å²) in [6, 6.07) is 19.0. The second kappa shape index (κ2) is 11.3. The molecule has 45 heavy (non-hydrogen) atoms. The maximum Gasteiger partial charge on any atom is 0.255 e. The van der Waals surface area contributed by atoms with Gasteiger partial charge in [-0.05, 0) is 90.9 Å². The Morgan fingerprint density at radius 3 is 2.78 bits per heavy atom. The molecule has 0 radical (unpaired) electrons. The maximum absolute atomic E-state index is 14.7. The standard InChI is InChI=1S/C34H29FN8O2/c35-33-27(6-4-14-37-33)23-9-11-30-28(18-23)32(39-43(30)31-7-1-2-16-45-31)29-21-42(40-38-29)26-10-8-22-12-15-41(20-25(22)17-26)34(44)24-5-3-13-36-19-24/h3-6,8-11,13-14,17-19,21,31H,1-2,7,12,15-16,20H2. The van der Waals surface area contributed by atoms with Crippen LogP contribution in [0.25, 0.3) is 39.1 Å². The molecule has 0 N–H and O–H groups in total. The van der Waals surface area contributed by atoms with Gasteiger partial charge >= 0.3 is 0 Å². The third-order valence-corrected chi connectivity index (χ3v) is 8.60. The van der Waals surface area contributed by atoms with Crippen molar-refractivity contribution < 1.29 is 13.9 Å². The molecule has 1 unspecified atom stereocenters. The highest BCUT2D eigenvalue weighted by molar-refractivity contribution is 5.95. The minimum absolute atomic E-state index is 0.0304. The third-order valence-electron chi connectivity index (χ3n) is 8.60. The van der Waals surface area contributed by atoms with Crippen molar-refractivity contribution in [1.82, 2.24) is 39.6 Å². The zero-order chi connectivity index (χ0) is 30.3. The van der Waals surface area contributed by atoms with Gasteiger partial charge in [-0.2, -0.15) is 9.49 Å². The number of hydrogen-bond acceptors (Lipinski definition) is 7. The maximum atomic E-state index is 14.7. The lowest BCUT2D eigenvalue weighted by atomic mass is 9.98. The molecule has 1 fully saturated rings. The van der Waals surface area contributed by atoms with Gasteiger partial charge in [-0.3, -0.25) is 9.78 Å². The van der Waals surface area contributed by atoms with Crippen molar-refractivity contribution in [3.05, 3.63) is 108 Å². The van der Waals surface area contributed by atoms with Crippen molar-refractivity contribution in [2.45, 2.75) is 38.5 Å². The van der Waals surface area contributed by atoms with Crippen LogP contribution in [-0.2, 0) is 17.7 Å². The molecular weight excluding hydrogens is 571 g/mol. The van der Waals surface area contributed by atoms with Gasteiger partial charge in [0.2, 0.25) is 5.95 Å². The summed E-state index contributed by atoms with van der Waals surface area (Å²) in [6.45, 7) is 1.83. The number of pyridine rings is 2. The van der Waals surface area contributed by atoms with E-state index in [2.05, 4.69) is 32.4 Å². The molecular formula is C34H29FN8O2. The monoisotopic (exact) mass is 600 g/mol. The van der Waals surface area contributed by atoms with E-state index in [1.54, 1.807) is 41.3 Å². The number of amides is 1. The highest BCUT2D eigenvalue weighted by Crippen LogP contribution is 2.35. The normalized spacial score (nSPS) is 16.6. The van der Waals surface area contributed by atoms with Gasteiger partial charge in [0.05, 0.1) is 23.0 Å². The van der Waals surface area contributed by atoms with E-state index in [1.807, 2.05) is 40.0 Å². The van der Waals surface area contributed by atoms with Crippen LogP contribution < -0.4 is 0 Å². The van der Waals surface area contributed by atoms with E-state index in [1.165, 1.54) is 11.8 Å². The highest BCUT2D eigenvalue weighted by atomic mass is 19.1. The molecule has 2 aromatic carbocycles. The summed E-state index contributed by atoms with van der Waals surface area (Å²) in [4.78, 5) is 22.9. The molecule has 1 saturated heterocycles. The summed E-state index contributed by atoms with van der Waals surface area (Å²) in [5.41, 5.74) is 6.92. The zero-order valence-corrected chi connectivity index (χ0v) is 24.4. The van der Waals surface area contributed by atoms with Crippen LogP contribution in [0, 0.1) is 5.95 Å². The number of aromatic nitrogens is 7. The number of fused-ring (bicyclic) bond motifs is 2. The van der Waals surface area contributed by atoms with Crippen molar-refractivity contribution in [1.29, 1.82) is 0 Å². The molecule has 6 aromatic rings. The van der Waals surface area contributed by atoms with Crippen LogP contribution in [0.1, 0.15) is 47.0 Å². The van der Waals surface area contributed by atoms with Gasteiger partial charge in [0.15, 0.2) is 6.23 Å². The SMILES string of the molecule is O=C(c1cccnc1)N1CCc2ccc(-n3cc(-c4nn(C5CCCCO5)c5ccc(-c6cccnc6F)cc45)nn3)cc2C1. The van der Waals surface area contributed by atoms with Crippen molar-refractivity contribution in [3.8, 4) is 28.2 Å². The van der Waals surface area contributed by atoms with Gasteiger partial charge < -0.3 is 9.64 Å². The lowest BCUT2D eigenvalue weighted by molar-refractivity contribution is -0.0365. The second-order valence-electron chi connectivity index (χ2n) is 11.4. The Labute approximate surface area is 258 Å². The van der Waals surface area contributed by atoms with E-state index < -0.39 is 5.95 Å². The van der Waals surface area contributed by atoms with E-state index >= 15 is 0 Å². The highest BCUT2D eigenvalue weighted by Gasteiger charge is 2.25. The molecule has 11 heteroatoms. The fourth-order valence-electron chi connectivity index (χ4n) is 6.26. The van der Waals surface area contributed by atoms with Gasteiger partial charge in [-0.15, -0.1) is 5.10 Å². The quantitative estimate of drug-likeness (QED) is 0.231. The van der Waals surface area contributed by atoms with Crippen molar-refractivity contribution in [2.75, 3.05) is 13.2 Å². The summed E-state index contributed by atoms with van der Waals surface area (Å²) in [5.74, 6) is -0.558. The Hall–Kier alpha value is -5.29. The lowest BCUT2D eigenvalue weighted by Crippen LogP contribution is -2.36. The number of halogens is 1. The van der Waals surface area contributed by atoms with E-state index in [0.29, 0.717) is 47.8 Å². The van der Waals surface area contributed by atoms with Crippen molar-refractivity contribution in [2.24, 2.45) is 0 Å². The topological polar surface area (TPSA) is 104 Å². The lowest BCUT2D eigenvalue weighted by Gasteiger charge is -2.29. The fraction of sp³-hybridized carbons (Fsp3) is 0.235.